The molecule has 5 nitrogen and oxygen atoms in total. The lowest BCUT2D eigenvalue weighted by atomic mass is 10.1. The fraction of sp³-hybridized carbons (Fsp3) is 0.765. The van der Waals surface area contributed by atoms with E-state index in [9.17, 15) is 9.59 Å². The van der Waals surface area contributed by atoms with Gasteiger partial charge in [-0.1, -0.05) is 142 Å². The van der Waals surface area contributed by atoms with Gasteiger partial charge in [-0.25, -0.2) is 9.59 Å². The summed E-state index contributed by atoms with van der Waals surface area (Å²) in [7, 11) is 0. The van der Waals surface area contributed by atoms with E-state index in [4.69, 9.17) is 15.2 Å². The second-order valence-corrected chi connectivity index (χ2v) is 10.6. The molecule has 2 N–H and O–H groups in total. The third-order valence-electron chi connectivity index (χ3n) is 6.89. The number of ether oxygens (including phenoxy) is 2. The molecule has 0 fully saturated rings. The van der Waals surface area contributed by atoms with Crippen molar-refractivity contribution in [1.29, 1.82) is 0 Å². The van der Waals surface area contributed by atoms with Crippen molar-refractivity contribution in [2.24, 2.45) is 5.73 Å². The third-order valence-corrected chi connectivity index (χ3v) is 6.89. The van der Waals surface area contributed by atoms with Gasteiger partial charge in [-0.15, -0.1) is 0 Å². The lowest BCUT2D eigenvalue weighted by molar-refractivity contribution is 0.0450. The van der Waals surface area contributed by atoms with Crippen LogP contribution in [0.4, 0.5) is 0 Å². The number of esters is 2. The molecular weight excluding hydrogens is 486 g/mol. The van der Waals surface area contributed by atoms with Crippen LogP contribution >= 0.6 is 0 Å². The zero-order valence-electron chi connectivity index (χ0n) is 25.8. The minimum Gasteiger partial charge on any atom is -0.462 e. The molecule has 0 radical (unpaired) electrons. The maximum atomic E-state index is 12.4. The van der Waals surface area contributed by atoms with Crippen LogP contribution in [0.15, 0.2) is 24.3 Å². The number of benzene rings is 1. The van der Waals surface area contributed by atoms with Gasteiger partial charge in [0, 0.05) is 0 Å². The molecule has 0 aliphatic heterocycles. The standard InChI is InChI=1S/C24H38O4.C10H23N/c1-3-5-7-9-11-15-19-27-23(25)21-17-13-14-18-22(21)24(26)28-20-16-12-10-8-6-4-2;1-2-3-4-5-6-7-8-9-10-11/h13-14,17-18H,3-12,15-16,19-20H2,1-2H3;2-11H2,1H3. The molecule has 0 spiro atoms. The Morgan fingerprint density at radius 1 is 0.513 bits per heavy atom. The van der Waals surface area contributed by atoms with Gasteiger partial charge in [0.2, 0.25) is 0 Å². The minimum atomic E-state index is -0.444. The largest absolute Gasteiger partial charge is 0.462 e. The number of hydrogen-bond acceptors (Lipinski definition) is 5. The van der Waals surface area contributed by atoms with Crippen molar-refractivity contribution in [3.05, 3.63) is 35.4 Å². The third kappa shape index (κ3) is 22.6. The fourth-order valence-electron chi connectivity index (χ4n) is 4.37. The Morgan fingerprint density at radius 2 is 0.821 bits per heavy atom. The van der Waals surface area contributed by atoms with Crippen LogP contribution in [0.2, 0.25) is 0 Å². The second kappa shape index (κ2) is 29.1. The van der Waals surface area contributed by atoms with E-state index in [0.717, 1.165) is 32.2 Å². The van der Waals surface area contributed by atoms with Gasteiger partial charge in [0.15, 0.2) is 0 Å². The molecule has 0 aliphatic carbocycles. The van der Waals surface area contributed by atoms with Gasteiger partial charge < -0.3 is 15.2 Å². The molecule has 1 aromatic carbocycles. The molecule has 0 bridgehead atoms. The normalized spacial score (nSPS) is 10.6. The van der Waals surface area contributed by atoms with Crippen molar-refractivity contribution >= 4 is 11.9 Å². The summed E-state index contributed by atoms with van der Waals surface area (Å²) >= 11 is 0. The summed E-state index contributed by atoms with van der Waals surface area (Å²) in [6.45, 7) is 8.30. The van der Waals surface area contributed by atoms with Crippen molar-refractivity contribution in [2.45, 2.75) is 149 Å². The van der Waals surface area contributed by atoms with E-state index in [1.807, 2.05) is 0 Å². The number of nitrogens with two attached hydrogens (primary N) is 1. The molecule has 1 aromatic rings. The summed E-state index contributed by atoms with van der Waals surface area (Å²) in [6, 6.07) is 6.74. The van der Waals surface area contributed by atoms with Crippen molar-refractivity contribution in [3.8, 4) is 0 Å². The summed E-state index contributed by atoms with van der Waals surface area (Å²) in [5.41, 5.74) is 5.98. The fourth-order valence-corrected chi connectivity index (χ4v) is 4.37. The topological polar surface area (TPSA) is 78.6 Å². The Morgan fingerprint density at radius 3 is 1.15 bits per heavy atom. The van der Waals surface area contributed by atoms with Gasteiger partial charge in [-0.2, -0.15) is 0 Å². The predicted octanol–water partition coefficient (Wildman–Crippen LogP) is 9.81. The summed E-state index contributed by atoms with van der Waals surface area (Å²) in [5, 5.41) is 0. The summed E-state index contributed by atoms with van der Waals surface area (Å²) in [4.78, 5) is 24.7. The maximum absolute atomic E-state index is 12.4. The molecule has 0 amide bonds. The van der Waals surface area contributed by atoms with Crippen LogP contribution in [0.1, 0.15) is 170 Å². The van der Waals surface area contributed by atoms with Crippen LogP contribution in [-0.2, 0) is 9.47 Å². The Kier molecular flexibility index (Phi) is 27.7. The van der Waals surface area contributed by atoms with Crippen molar-refractivity contribution in [2.75, 3.05) is 19.8 Å². The Hall–Kier alpha value is -1.88. The molecule has 1 rings (SSSR count). The second-order valence-electron chi connectivity index (χ2n) is 10.6. The number of hydrogen-bond donors (Lipinski definition) is 1. The van der Waals surface area contributed by atoms with E-state index in [-0.39, 0.29) is 0 Å². The lowest BCUT2D eigenvalue weighted by Crippen LogP contribution is -2.15. The predicted molar refractivity (Wildman–Crippen MR) is 165 cm³/mol. The molecule has 39 heavy (non-hydrogen) atoms. The van der Waals surface area contributed by atoms with E-state index in [0.29, 0.717) is 24.3 Å². The molecule has 0 aromatic heterocycles. The first kappa shape index (κ1) is 37.1. The van der Waals surface area contributed by atoms with Gasteiger partial charge >= 0.3 is 11.9 Å². The molecule has 0 heterocycles. The Balaban J connectivity index is 0.00000110. The number of carbonyl (C=O) groups excluding carboxylic acids is 2. The van der Waals surface area contributed by atoms with Crippen molar-refractivity contribution in [1.82, 2.24) is 0 Å². The monoisotopic (exact) mass is 547 g/mol. The molecule has 0 aliphatic rings. The van der Waals surface area contributed by atoms with Crippen LogP contribution in [0.25, 0.3) is 0 Å². The quantitative estimate of drug-likeness (QED) is 0.103. The van der Waals surface area contributed by atoms with E-state index in [1.165, 1.54) is 103 Å². The van der Waals surface area contributed by atoms with Crippen LogP contribution < -0.4 is 5.73 Å². The lowest BCUT2D eigenvalue weighted by Gasteiger charge is -2.10. The zero-order chi connectivity index (χ0) is 28.8. The average molecular weight is 548 g/mol. The highest BCUT2D eigenvalue weighted by atomic mass is 16.5. The summed E-state index contributed by atoms with van der Waals surface area (Å²) in [5.74, 6) is -0.888. The van der Waals surface area contributed by atoms with E-state index in [1.54, 1.807) is 24.3 Å². The van der Waals surface area contributed by atoms with Crippen LogP contribution in [0, 0.1) is 0 Å². The number of unbranched alkanes of at least 4 members (excludes halogenated alkanes) is 17. The molecule has 226 valence electrons. The van der Waals surface area contributed by atoms with Crippen LogP contribution in [0.3, 0.4) is 0 Å². The highest BCUT2D eigenvalue weighted by molar-refractivity contribution is 6.03. The first-order valence-electron chi connectivity index (χ1n) is 16.3. The Labute approximate surface area is 241 Å². The SMILES string of the molecule is CCCCCCCCCCN.CCCCCCCCOC(=O)c1ccccc1C(=O)OCCCCCCCC. The van der Waals surface area contributed by atoms with Crippen molar-refractivity contribution in [3.63, 3.8) is 0 Å². The first-order valence-corrected chi connectivity index (χ1v) is 16.3. The molecule has 0 saturated heterocycles. The van der Waals surface area contributed by atoms with Crippen LogP contribution in [-0.4, -0.2) is 31.7 Å². The molecular formula is C34H61NO4. The number of carbonyl (C=O) groups is 2. The van der Waals surface area contributed by atoms with Gasteiger partial charge in [0.1, 0.15) is 0 Å². The van der Waals surface area contributed by atoms with Crippen LogP contribution in [0.5, 0.6) is 0 Å². The molecule has 0 unspecified atom stereocenters. The zero-order valence-corrected chi connectivity index (χ0v) is 25.8. The first-order chi connectivity index (χ1) is 19.1. The van der Waals surface area contributed by atoms with E-state index < -0.39 is 11.9 Å². The van der Waals surface area contributed by atoms with E-state index >= 15 is 0 Å². The van der Waals surface area contributed by atoms with Gasteiger partial charge in [0.25, 0.3) is 0 Å². The summed E-state index contributed by atoms with van der Waals surface area (Å²) < 4.78 is 10.7. The highest BCUT2D eigenvalue weighted by Crippen LogP contribution is 2.14. The Bertz CT molecular complexity index is 635. The molecule has 0 saturated carbocycles. The summed E-state index contributed by atoms with van der Waals surface area (Å²) in [6.07, 6.45) is 24.6. The minimum absolute atomic E-state index is 0.293. The highest BCUT2D eigenvalue weighted by Gasteiger charge is 2.18. The van der Waals surface area contributed by atoms with Crippen molar-refractivity contribution < 1.29 is 19.1 Å². The van der Waals surface area contributed by atoms with Gasteiger partial charge in [-0.05, 0) is 37.9 Å². The molecule has 0 atom stereocenters. The molecule has 5 heteroatoms. The van der Waals surface area contributed by atoms with Gasteiger partial charge in [0.05, 0.1) is 24.3 Å². The smallest absolute Gasteiger partial charge is 0.339 e. The average Bonchev–Trinajstić information content (AvgIpc) is 2.96. The number of rotatable bonds is 24. The maximum Gasteiger partial charge on any atom is 0.339 e. The van der Waals surface area contributed by atoms with E-state index in [2.05, 4.69) is 20.8 Å². The van der Waals surface area contributed by atoms with Gasteiger partial charge in [-0.3, -0.25) is 0 Å².